The summed E-state index contributed by atoms with van der Waals surface area (Å²) < 4.78 is 37.1. The van der Waals surface area contributed by atoms with Crippen LogP contribution < -0.4 is 5.73 Å². The molecule has 40 heavy (non-hydrogen) atoms. The van der Waals surface area contributed by atoms with Gasteiger partial charge in [0.25, 0.3) is 0 Å². The number of rotatable bonds is 12. The summed E-state index contributed by atoms with van der Waals surface area (Å²) >= 11 is 0. The van der Waals surface area contributed by atoms with Crippen LogP contribution >= 0.6 is 7.75 Å². The van der Waals surface area contributed by atoms with Gasteiger partial charge in [0, 0.05) is 7.05 Å². The summed E-state index contributed by atoms with van der Waals surface area (Å²) in [6.07, 6.45) is 0.464. The van der Waals surface area contributed by atoms with E-state index < -0.39 is 45.2 Å². The van der Waals surface area contributed by atoms with E-state index in [2.05, 4.69) is 4.76 Å². The quantitative estimate of drug-likeness (QED) is 0.0837. The summed E-state index contributed by atoms with van der Waals surface area (Å²) in [6, 6.07) is 25.3. The zero-order chi connectivity index (χ0) is 28.8. The van der Waals surface area contributed by atoms with Gasteiger partial charge in [-0.25, -0.2) is 18.9 Å². The SMILES string of the molecule is CN(OC(=O)CCc1ccccc1)C(N)=NP(=O)(OCOC(=O)c1ccccc1)OCOC(=O)c1ccccc1. The van der Waals surface area contributed by atoms with E-state index in [1.54, 1.807) is 36.4 Å². The van der Waals surface area contributed by atoms with Crippen LogP contribution in [0.1, 0.15) is 32.7 Å². The second-order valence-electron chi connectivity index (χ2n) is 7.96. The van der Waals surface area contributed by atoms with Gasteiger partial charge < -0.3 is 20.0 Å². The fraction of sp³-hybridized carbons (Fsp3) is 0.185. The monoisotopic (exact) mass is 569 g/mol. The Labute approximate surface area is 230 Å². The molecule has 0 aromatic heterocycles. The van der Waals surface area contributed by atoms with Crippen LogP contribution in [0, 0.1) is 0 Å². The number of carbonyl (C=O) groups is 3. The van der Waals surface area contributed by atoms with Crippen molar-refractivity contribution in [3.8, 4) is 0 Å². The maximum absolute atomic E-state index is 13.3. The summed E-state index contributed by atoms with van der Waals surface area (Å²) in [7, 11) is -3.30. The van der Waals surface area contributed by atoms with Gasteiger partial charge in [0.2, 0.25) is 19.5 Å². The minimum Gasteiger partial charge on any atom is -0.434 e. The Bertz CT molecular complexity index is 1280. The first kappa shape index (κ1) is 30.0. The second-order valence-corrected chi connectivity index (χ2v) is 9.62. The highest BCUT2D eigenvalue weighted by Gasteiger charge is 2.28. The van der Waals surface area contributed by atoms with Crippen molar-refractivity contribution in [3.63, 3.8) is 0 Å². The second kappa shape index (κ2) is 15.2. The Hall–Kier alpha value is -4.51. The number of nitrogens with zero attached hydrogens (tertiary/aromatic N) is 2. The highest BCUT2D eigenvalue weighted by atomic mass is 31.2. The first-order chi connectivity index (χ1) is 19.3. The highest BCUT2D eigenvalue weighted by Crippen LogP contribution is 2.50. The third kappa shape index (κ3) is 9.99. The molecule has 2 N–H and O–H groups in total. The number of esters is 2. The Kier molecular flexibility index (Phi) is 11.4. The van der Waals surface area contributed by atoms with Crippen LogP contribution in [0.2, 0.25) is 0 Å². The van der Waals surface area contributed by atoms with E-state index in [0.717, 1.165) is 10.6 Å². The fourth-order valence-corrected chi connectivity index (χ4v) is 3.97. The molecule has 0 spiro atoms. The fourth-order valence-electron chi connectivity index (χ4n) is 3.03. The number of hydrogen-bond acceptors (Lipinski definition) is 9. The molecule has 0 fully saturated rings. The van der Waals surface area contributed by atoms with Gasteiger partial charge in [-0.3, -0.25) is 9.05 Å². The van der Waals surface area contributed by atoms with Crippen molar-refractivity contribution in [2.75, 3.05) is 20.6 Å². The molecular weight excluding hydrogens is 541 g/mol. The van der Waals surface area contributed by atoms with Crippen molar-refractivity contribution in [1.29, 1.82) is 0 Å². The predicted octanol–water partition coefficient (Wildman–Crippen LogP) is 4.09. The molecule has 0 amide bonds. The molecule has 0 aliphatic rings. The average Bonchev–Trinajstić information content (AvgIpc) is 2.97. The van der Waals surface area contributed by atoms with Crippen molar-refractivity contribution in [1.82, 2.24) is 5.06 Å². The molecular formula is C27H28N3O9P. The van der Waals surface area contributed by atoms with Crippen molar-refractivity contribution < 1.29 is 42.3 Å². The molecule has 12 nitrogen and oxygen atoms in total. The lowest BCUT2D eigenvalue weighted by Gasteiger charge is -2.19. The van der Waals surface area contributed by atoms with Crippen LogP contribution in [0.25, 0.3) is 0 Å². The molecule has 0 aliphatic carbocycles. The van der Waals surface area contributed by atoms with E-state index in [0.29, 0.717) is 6.42 Å². The number of carbonyl (C=O) groups excluding carboxylic acids is 3. The van der Waals surface area contributed by atoms with Gasteiger partial charge in [-0.2, -0.15) is 5.06 Å². The summed E-state index contributed by atoms with van der Waals surface area (Å²) in [6.45, 7) is -1.68. The van der Waals surface area contributed by atoms with Gasteiger partial charge in [-0.15, -0.1) is 4.76 Å². The number of guanidine groups is 1. The van der Waals surface area contributed by atoms with Crippen molar-refractivity contribution in [3.05, 3.63) is 108 Å². The summed E-state index contributed by atoms with van der Waals surface area (Å²) in [4.78, 5) is 41.7. The van der Waals surface area contributed by atoms with E-state index in [1.165, 1.54) is 31.3 Å². The lowest BCUT2D eigenvalue weighted by atomic mass is 10.1. The molecule has 3 aromatic carbocycles. The molecule has 0 radical (unpaired) electrons. The summed E-state index contributed by atoms with van der Waals surface area (Å²) in [5.74, 6) is -2.71. The Morgan fingerprint density at radius 1 is 0.775 bits per heavy atom. The maximum Gasteiger partial charge on any atom is 0.462 e. The number of nitrogens with two attached hydrogens (primary N) is 1. The molecule has 3 rings (SSSR count). The van der Waals surface area contributed by atoms with Gasteiger partial charge in [0.15, 0.2) is 0 Å². The first-order valence-electron chi connectivity index (χ1n) is 11.9. The number of hydroxylamine groups is 2. The number of benzene rings is 3. The molecule has 0 heterocycles. The third-order valence-electron chi connectivity index (χ3n) is 5.08. The molecule has 210 valence electrons. The van der Waals surface area contributed by atoms with Crippen LogP contribution in [-0.4, -0.2) is 49.6 Å². The normalized spacial score (nSPS) is 11.4. The lowest BCUT2D eigenvalue weighted by Crippen LogP contribution is -2.36. The number of aryl methyl sites for hydroxylation is 1. The molecule has 0 saturated heterocycles. The van der Waals surface area contributed by atoms with Gasteiger partial charge in [0.05, 0.1) is 17.5 Å². The van der Waals surface area contributed by atoms with E-state index in [9.17, 15) is 18.9 Å². The van der Waals surface area contributed by atoms with E-state index in [1.807, 2.05) is 30.3 Å². The van der Waals surface area contributed by atoms with Gasteiger partial charge in [-0.05, 0) is 36.2 Å². The minimum atomic E-state index is -4.56. The van der Waals surface area contributed by atoms with Crippen LogP contribution in [0.3, 0.4) is 0 Å². The van der Waals surface area contributed by atoms with Crippen molar-refractivity contribution in [2.24, 2.45) is 10.5 Å². The van der Waals surface area contributed by atoms with Crippen LogP contribution in [0.4, 0.5) is 0 Å². The van der Waals surface area contributed by atoms with Crippen LogP contribution in [0.15, 0.2) is 95.8 Å². The van der Waals surface area contributed by atoms with Crippen LogP contribution in [0.5, 0.6) is 0 Å². The van der Waals surface area contributed by atoms with Crippen molar-refractivity contribution >= 4 is 31.6 Å². The Morgan fingerprint density at radius 3 is 1.70 bits per heavy atom. The molecule has 13 heteroatoms. The summed E-state index contributed by atoms with van der Waals surface area (Å²) in [5, 5.41) is 0.776. The smallest absolute Gasteiger partial charge is 0.434 e. The van der Waals surface area contributed by atoms with E-state index in [4.69, 9.17) is 29.1 Å². The Balaban J connectivity index is 1.61. The largest absolute Gasteiger partial charge is 0.462 e. The summed E-state index contributed by atoms with van der Waals surface area (Å²) in [5.41, 5.74) is 7.24. The minimum absolute atomic E-state index is 0.0389. The highest BCUT2D eigenvalue weighted by molar-refractivity contribution is 7.52. The van der Waals surface area contributed by atoms with E-state index >= 15 is 0 Å². The van der Waals surface area contributed by atoms with Crippen molar-refractivity contribution in [2.45, 2.75) is 12.8 Å². The van der Waals surface area contributed by atoms with E-state index in [-0.39, 0.29) is 17.5 Å². The average molecular weight is 570 g/mol. The topological polar surface area (TPSA) is 156 Å². The molecule has 0 unspecified atom stereocenters. The molecule has 0 aliphatic heterocycles. The molecule has 0 atom stereocenters. The maximum atomic E-state index is 13.3. The first-order valence-corrected chi connectivity index (χ1v) is 13.4. The number of ether oxygens (including phenoxy) is 2. The standard InChI is InChI=1S/C27H28N3O9P/c1-30(39-24(31)18-17-21-11-5-2-6-12-21)27(28)29-40(34,37-19-35-25(32)22-13-7-3-8-14-22)38-20-36-26(33)23-15-9-4-10-16-23/h2-16H,17-20H2,1H3,(H2,28,29,34). The molecule has 3 aromatic rings. The zero-order valence-electron chi connectivity index (χ0n) is 21.6. The molecule has 0 saturated carbocycles. The van der Waals surface area contributed by atoms with Gasteiger partial charge in [0.1, 0.15) is 0 Å². The predicted molar refractivity (Wildman–Crippen MR) is 143 cm³/mol. The van der Waals surface area contributed by atoms with Gasteiger partial charge >= 0.3 is 25.7 Å². The van der Waals surface area contributed by atoms with Gasteiger partial charge in [-0.1, -0.05) is 66.7 Å². The zero-order valence-corrected chi connectivity index (χ0v) is 22.5. The Morgan fingerprint density at radius 2 is 1.23 bits per heavy atom. The third-order valence-corrected chi connectivity index (χ3v) is 6.39. The lowest BCUT2D eigenvalue weighted by molar-refractivity contribution is -0.169. The molecule has 0 bridgehead atoms. The number of hydrogen-bond donors (Lipinski definition) is 1. The van der Waals surface area contributed by atoms with Crippen LogP contribution in [-0.2, 0) is 39.1 Å².